The highest BCUT2D eigenvalue weighted by Gasteiger charge is 2.15. The Morgan fingerprint density at radius 1 is 1.28 bits per heavy atom. The third-order valence-corrected chi connectivity index (χ3v) is 6.19. The van der Waals surface area contributed by atoms with Gasteiger partial charge < -0.3 is 9.30 Å². The Labute approximate surface area is 154 Å². The van der Waals surface area contributed by atoms with Crippen LogP contribution in [0.4, 0.5) is 0 Å². The highest BCUT2D eigenvalue weighted by atomic mass is 35.5. The molecular weight excluding hydrogens is 380 g/mol. The number of benzene rings is 2. The molecule has 130 valence electrons. The molecule has 0 saturated heterocycles. The first-order chi connectivity index (χ1) is 11.9. The van der Waals surface area contributed by atoms with Crippen LogP contribution in [0.1, 0.15) is 0 Å². The van der Waals surface area contributed by atoms with Crippen molar-refractivity contribution in [2.75, 3.05) is 7.11 Å². The number of fused-ring (bicyclic) bond motifs is 1. The van der Waals surface area contributed by atoms with Crippen molar-refractivity contribution in [2.24, 2.45) is 4.40 Å². The summed E-state index contributed by atoms with van der Waals surface area (Å²) in [5, 5.41) is 0.587. The summed E-state index contributed by atoms with van der Waals surface area (Å²) >= 11 is 7.30. The molecule has 0 fully saturated rings. The van der Waals surface area contributed by atoms with Gasteiger partial charge >= 0.3 is 0 Å². The number of rotatable bonds is 5. The van der Waals surface area contributed by atoms with Gasteiger partial charge in [0.15, 0.2) is 0 Å². The fourth-order valence-electron chi connectivity index (χ4n) is 2.33. The summed E-state index contributed by atoms with van der Waals surface area (Å²) in [6, 6.07) is 11.5. The highest BCUT2D eigenvalue weighted by molar-refractivity contribution is 7.90. The number of halogens is 1. The van der Waals surface area contributed by atoms with Gasteiger partial charge in [0.05, 0.1) is 22.2 Å². The van der Waals surface area contributed by atoms with E-state index in [1.165, 1.54) is 30.6 Å². The molecule has 3 aromatic rings. The van der Waals surface area contributed by atoms with E-state index in [1.807, 2.05) is 6.07 Å². The molecular formula is C17H15ClN2O3S2. The van der Waals surface area contributed by atoms with E-state index in [9.17, 15) is 8.42 Å². The summed E-state index contributed by atoms with van der Waals surface area (Å²) in [5.74, 6) is 0.581. The molecule has 8 heteroatoms. The van der Waals surface area contributed by atoms with Gasteiger partial charge in [-0.05, 0) is 42.5 Å². The van der Waals surface area contributed by atoms with Gasteiger partial charge in [0.1, 0.15) is 5.75 Å². The van der Waals surface area contributed by atoms with E-state index in [2.05, 4.69) is 11.0 Å². The molecule has 0 aliphatic carbocycles. The maximum atomic E-state index is 12.6. The third kappa shape index (κ3) is 3.63. The Hall–Kier alpha value is -2.09. The van der Waals surface area contributed by atoms with Crippen molar-refractivity contribution >= 4 is 43.2 Å². The van der Waals surface area contributed by atoms with Crippen molar-refractivity contribution in [3.05, 3.63) is 64.9 Å². The van der Waals surface area contributed by atoms with Crippen LogP contribution < -0.4 is 9.54 Å². The molecule has 25 heavy (non-hydrogen) atoms. The van der Waals surface area contributed by atoms with Crippen LogP contribution in [0.2, 0.25) is 5.02 Å². The Kier molecular flexibility index (Phi) is 4.99. The molecule has 0 radical (unpaired) electrons. The van der Waals surface area contributed by atoms with E-state index in [1.54, 1.807) is 34.9 Å². The van der Waals surface area contributed by atoms with E-state index in [-0.39, 0.29) is 4.90 Å². The van der Waals surface area contributed by atoms with Gasteiger partial charge in [0.25, 0.3) is 10.0 Å². The lowest BCUT2D eigenvalue weighted by Gasteiger charge is -2.03. The Morgan fingerprint density at radius 3 is 2.64 bits per heavy atom. The number of hydrogen-bond donors (Lipinski definition) is 0. The lowest BCUT2D eigenvalue weighted by atomic mass is 10.3. The van der Waals surface area contributed by atoms with Crippen molar-refractivity contribution in [2.45, 2.75) is 11.4 Å². The smallest absolute Gasteiger partial charge is 0.285 e. The first-order valence-corrected chi connectivity index (χ1v) is 9.93. The molecule has 0 unspecified atom stereocenters. The summed E-state index contributed by atoms with van der Waals surface area (Å²) in [5.41, 5.74) is 0.859. The SMILES string of the molecule is C=CCn1c(=NS(=O)(=O)c2ccc(OC)cc2)sc2cc(Cl)ccc21. The Balaban J connectivity index is 2.18. The van der Waals surface area contributed by atoms with Crippen LogP contribution >= 0.6 is 22.9 Å². The highest BCUT2D eigenvalue weighted by Crippen LogP contribution is 2.23. The zero-order valence-electron chi connectivity index (χ0n) is 13.3. The van der Waals surface area contributed by atoms with Crippen LogP contribution in [0.25, 0.3) is 10.2 Å². The Morgan fingerprint density at radius 2 is 2.00 bits per heavy atom. The number of ether oxygens (including phenoxy) is 1. The van der Waals surface area contributed by atoms with Crippen LogP contribution in [0.15, 0.2) is 64.4 Å². The number of aromatic nitrogens is 1. The second-order valence-electron chi connectivity index (χ2n) is 5.14. The lowest BCUT2D eigenvalue weighted by molar-refractivity contribution is 0.414. The monoisotopic (exact) mass is 394 g/mol. The van der Waals surface area contributed by atoms with Crippen molar-refractivity contribution in [1.82, 2.24) is 4.57 Å². The first-order valence-electron chi connectivity index (χ1n) is 7.29. The molecule has 1 aromatic heterocycles. The third-order valence-electron chi connectivity index (χ3n) is 3.51. The topological polar surface area (TPSA) is 60.7 Å². The van der Waals surface area contributed by atoms with Gasteiger partial charge in [0, 0.05) is 11.6 Å². The Bertz CT molecular complexity index is 1100. The minimum atomic E-state index is -3.85. The van der Waals surface area contributed by atoms with E-state index < -0.39 is 10.0 Å². The summed E-state index contributed by atoms with van der Waals surface area (Å²) in [4.78, 5) is 0.474. The zero-order chi connectivity index (χ0) is 18.0. The molecule has 0 atom stereocenters. The molecule has 0 aliphatic heterocycles. The minimum Gasteiger partial charge on any atom is -0.497 e. The minimum absolute atomic E-state index is 0.106. The molecule has 2 aromatic carbocycles. The van der Waals surface area contributed by atoms with Crippen molar-refractivity contribution < 1.29 is 13.2 Å². The van der Waals surface area contributed by atoms with Crippen LogP contribution in [0.5, 0.6) is 5.75 Å². The number of allylic oxidation sites excluding steroid dienone is 1. The predicted octanol–water partition coefficient (Wildman–Crippen LogP) is 3.84. The normalized spacial score (nSPS) is 12.5. The quantitative estimate of drug-likeness (QED) is 0.617. The average Bonchev–Trinajstić information content (AvgIpc) is 2.91. The van der Waals surface area contributed by atoms with E-state index >= 15 is 0 Å². The van der Waals surface area contributed by atoms with Gasteiger partial charge in [-0.2, -0.15) is 8.42 Å². The molecule has 0 aliphatic rings. The second kappa shape index (κ2) is 7.03. The molecule has 1 heterocycles. The maximum Gasteiger partial charge on any atom is 0.285 e. The lowest BCUT2D eigenvalue weighted by Crippen LogP contribution is -2.16. The summed E-state index contributed by atoms with van der Waals surface area (Å²) in [6.07, 6.45) is 1.69. The number of methoxy groups -OCH3 is 1. The molecule has 0 amide bonds. The standard InChI is InChI=1S/C17H15ClN2O3S2/c1-3-10-20-15-9-4-12(18)11-16(15)24-17(20)19-25(21,22)14-7-5-13(23-2)6-8-14/h3-9,11H,1,10H2,2H3. The van der Waals surface area contributed by atoms with Crippen LogP contribution in [0, 0.1) is 0 Å². The molecule has 0 N–H and O–H groups in total. The molecule has 0 saturated carbocycles. The van der Waals surface area contributed by atoms with Crippen molar-refractivity contribution in [3.8, 4) is 5.75 Å². The number of hydrogen-bond acceptors (Lipinski definition) is 4. The van der Waals surface area contributed by atoms with Gasteiger partial charge in [-0.3, -0.25) is 0 Å². The average molecular weight is 395 g/mol. The van der Waals surface area contributed by atoms with Crippen molar-refractivity contribution in [1.29, 1.82) is 0 Å². The fraction of sp³-hybridized carbons (Fsp3) is 0.118. The molecule has 5 nitrogen and oxygen atoms in total. The maximum absolute atomic E-state index is 12.6. The van der Waals surface area contributed by atoms with E-state index in [0.29, 0.717) is 22.1 Å². The van der Waals surface area contributed by atoms with Gasteiger partial charge in [-0.25, -0.2) is 0 Å². The van der Waals surface area contributed by atoms with Crippen molar-refractivity contribution in [3.63, 3.8) is 0 Å². The van der Waals surface area contributed by atoms with Gasteiger partial charge in [-0.15, -0.1) is 11.0 Å². The van der Waals surface area contributed by atoms with Crippen LogP contribution in [-0.2, 0) is 16.6 Å². The predicted molar refractivity (Wildman–Crippen MR) is 101 cm³/mol. The largest absolute Gasteiger partial charge is 0.497 e. The summed E-state index contributed by atoms with van der Waals surface area (Å²) in [7, 11) is -2.32. The fourth-order valence-corrected chi connectivity index (χ4v) is 4.84. The number of nitrogens with zero attached hydrogens (tertiary/aromatic N) is 2. The zero-order valence-corrected chi connectivity index (χ0v) is 15.7. The molecule has 0 spiro atoms. The molecule has 3 rings (SSSR count). The summed E-state index contributed by atoms with van der Waals surface area (Å²) in [6.45, 7) is 4.17. The first kappa shape index (κ1) is 17.7. The second-order valence-corrected chi connectivity index (χ2v) is 8.19. The van der Waals surface area contributed by atoms with Gasteiger partial charge in [0.2, 0.25) is 4.80 Å². The summed E-state index contributed by atoms with van der Waals surface area (Å²) < 4.78 is 37.0. The number of thiazole rings is 1. The van der Waals surface area contributed by atoms with Crippen LogP contribution in [-0.4, -0.2) is 20.1 Å². The van der Waals surface area contributed by atoms with Crippen LogP contribution in [0.3, 0.4) is 0 Å². The van der Waals surface area contributed by atoms with Gasteiger partial charge in [-0.1, -0.05) is 29.0 Å². The molecule has 0 bridgehead atoms. The van der Waals surface area contributed by atoms with E-state index in [0.717, 1.165) is 10.2 Å². The van der Waals surface area contributed by atoms with E-state index in [4.69, 9.17) is 16.3 Å². The number of sulfonamides is 1.